The number of nitro groups is 1. The van der Waals surface area contributed by atoms with Crippen LogP contribution < -0.4 is 10.2 Å². The molecule has 1 N–H and O–H groups in total. The third kappa shape index (κ3) is 4.35. The predicted octanol–water partition coefficient (Wildman–Crippen LogP) is 2.09. The summed E-state index contributed by atoms with van der Waals surface area (Å²) in [5.74, 6) is -1.61. The smallest absolute Gasteiger partial charge is 0.331 e. The van der Waals surface area contributed by atoms with Gasteiger partial charge in [0.25, 0.3) is 17.5 Å². The Morgan fingerprint density at radius 2 is 1.78 bits per heavy atom. The van der Waals surface area contributed by atoms with Gasteiger partial charge in [-0.2, -0.15) is 0 Å². The molecule has 0 aliphatic carbocycles. The van der Waals surface area contributed by atoms with Gasteiger partial charge < -0.3 is 9.64 Å². The number of rotatable bonds is 5. The molecule has 32 heavy (non-hydrogen) atoms. The van der Waals surface area contributed by atoms with Crippen LogP contribution in [0, 0.1) is 10.1 Å². The molecule has 0 atom stereocenters. The number of nitrogens with one attached hydrogen (secondary N) is 1. The van der Waals surface area contributed by atoms with Gasteiger partial charge in [-0.15, -0.1) is 0 Å². The number of hydrogen-bond acceptors (Lipinski definition) is 7. The fraction of sp³-hybridized carbons (Fsp3) is 0.227. The minimum Gasteiger partial charge on any atom is -0.378 e. The minimum absolute atomic E-state index is 0.0125. The van der Waals surface area contributed by atoms with Crippen LogP contribution >= 0.6 is 0 Å². The zero-order valence-electron chi connectivity index (χ0n) is 17.0. The van der Waals surface area contributed by atoms with E-state index in [0.29, 0.717) is 43.1 Å². The van der Waals surface area contributed by atoms with Gasteiger partial charge in [0.05, 0.1) is 24.7 Å². The number of imide groups is 2. The highest BCUT2D eigenvalue weighted by atomic mass is 16.6. The number of carbonyl (C=O) groups is 3. The van der Waals surface area contributed by atoms with Crippen molar-refractivity contribution in [1.82, 2.24) is 10.2 Å². The average Bonchev–Trinajstić information content (AvgIpc) is 2.80. The average molecular weight is 436 g/mol. The van der Waals surface area contributed by atoms with Gasteiger partial charge in [0.15, 0.2) is 0 Å². The van der Waals surface area contributed by atoms with Crippen LogP contribution in [0.5, 0.6) is 0 Å². The molecule has 0 aromatic heterocycles. The summed E-state index contributed by atoms with van der Waals surface area (Å²) >= 11 is 0. The number of hydrogen-bond donors (Lipinski definition) is 1. The highest BCUT2D eigenvalue weighted by molar-refractivity contribution is 6.31. The molecule has 10 nitrogen and oxygen atoms in total. The van der Waals surface area contributed by atoms with Gasteiger partial charge in [-0.05, 0) is 17.7 Å². The zero-order chi connectivity index (χ0) is 22.7. The monoisotopic (exact) mass is 436 g/mol. The van der Waals surface area contributed by atoms with Crippen molar-refractivity contribution in [2.24, 2.45) is 0 Å². The predicted molar refractivity (Wildman–Crippen MR) is 115 cm³/mol. The van der Waals surface area contributed by atoms with Gasteiger partial charge in [0.1, 0.15) is 5.57 Å². The van der Waals surface area contributed by atoms with Crippen molar-refractivity contribution >= 4 is 35.3 Å². The number of non-ortho nitro benzene ring substituents is 1. The second-order valence-corrected chi connectivity index (χ2v) is 7.29. The number of amides is 4. The molecule has 0 radical (unpaired) electrons. The van der Waals surface area contributed by atoms with Crippen LogP contribution in [0.1, 0.15) is 11.1 Å². The molecule has 0 saturated carbocycles. The van der Waals surface area contributed by atoms with Crippen LogP contribution in [0.3, 0.4) is 0 Å². The van der Waals surface area contributed by atoms with Crippen LogP contribution in [0.4, 0.5) is 16.2 Å². The first-order chi connectivity index (χ1) is 15.4. The molecule has 2 aromatic rings. The quantitative estimate of drug-likeness (QED) is 0.330. The van der Waals surface area contributed by atoms with Gasteiger partial charge in [-0.3, -0.25) is 29.9 Å². The van der Waals surface area contributed by atoms with Crippen molar-refractivity contribution in [2.75, 3.05) is 31.2 Å². The number of benzene rings is 2. The van der Waals surface area contributed by atoms with Gasteiger partial charge in [0, 0.05) is 36.5 Å². The van der Waals surface area contributed by atoms with Crippen LogP contribution in [-0.2, 0) is 20.9 Å². The Labute approximate surface area is 183 Å². The molecule has 2 heterocycles. The van der Waals surface area contributed by atoms with Gasteiger partial charge in [0.2, 0.25) is 0 Å². The summed E-state index contributed by atoms with van der Waals surface area (Å²) in [6.07, 6.45) is 1.31. The van der Waals surface area contributed by atoms with E-state index in [1.54, 1.807) is 30.3 Å². The number of nitrogens with zero attached hydrogens (tertiary/aromatic N) is 3. The SMILES string of the molecule is O=C1NC(=O)N(Cc2ccccc2)C(=O)/C1=C/c1cc([N+](=O)[O-])ccc1N1CCOCC1. The fourth-order valence-electron chi connectivity index (χ4n) is 3.62. The Kier molecular flexibility index (Phi) is 5.95. The minimum atomic E-state index is -0.844. The van der Waals surface area contributed by atoms with Gasteiger partial charge in [-0.25, -0.2) is 4.79 Å². The van der Waals surface area contributed by atoms with Crippen molar-refractivity contribution in [2.45, 2.75) is 6.54 Å². The Morgan fingerprint density at radius 3 is 2.47 bits per heavy atom. The van der Waals surface area contributed by atoms with Crippen molar-refractivity contribution in [3.05, 3.63) is 75.3 Å². The van der Waals surface area contributed by atoms with Crippen molar-refractivity contribution in [1.29, 1.82) is 0 Å². The van der Waals surface area contributed by atoms with Gasteiger partial charge in [-0.1, -0.05) is 30.3 Å². The van der Waals surface area contributed by atoms with E-state index >= 15 is 0 Å². The van der Waals surface area contributed by atoms with Crippen LogP contribution in [-0.4, -0.2) is 54.0 Å². The third-order valence-electron chi connectivity index (χ3n) is 5.24. The molecule has 4 rings (SSSR count). The van der Waals surface area contributed by atoms with Crippen LogP contribution in [0.15, 0.2) is 54.1 Å². The number of ether oxygens (including phenoxy) is 1. The van der Waals surface area contributed by atoms with E-state index in [2.05, 4.69) is 5.32 Å². The number of barbiturate groups is 1. The summed E-state index contributed by atoms with van der Waals surface area (Å²) in [5.41, 5.74) is 1.26. The van der Waals surface area contributed by atoms with Crippen LogP contribution in [0.2, 0.25) is 0 Å². The lowest BCUT2D eigenvalue weighted by molar-refractivity contribution is -0.384. The van der Waals surface area contributed by atoms with E-state index in [9.17, 15) is 24.5 Å². The van der Waals surface area contributed by atoms with E-state index in [1.165, 1.54) is 18.2 Å². The largest absolute Gasteiger partial charge is 0.378 e. The third-order valence-corrected chi connectivity index (χ3v) is 5.24. The number of anilines is 1. The first-order valence-electron chi connectivity index (χ1n) is 9.98. The second kappa shape index (κ2) is 8.98. The molecule has 0 spiro atoms. The van der Waals surface area contributed by atoms with Gasteiger partial charge >= 0.3 is 6.03 Å². The summed E-state index contributed by atoms with van der Waals surface area (Å²) in [4.78, 5) is 51.6. The molecule has 2 fully saturated rings. The molecule has 2 aliphatic heterocycles. The topological polar surface area (TPSA) is 122 Å². The Hall–Kier alpha value is -4.05. The van der Waals surface area contributed by atoms with E-state index < -0.39 is 22.8 Å². The summed E-state index contributed by atoms with van der Waals surface area (Å²) in [6.45, 7) is 2.10. The molecular formula is C22H20N4O6. The van der Waals surface area contributed by atoms with E-state index in [0.717, 1.165) is 4.90 Å². The number of urea groups is 1. The number of morpholine rings is 1. The van der Waals surface area contributed by atoms with Crippen molar-refractivity contribution < 1.29 is 24.0 Å². The van der Waals surface area contributed by atoms with Crippen molar-refractivity contribution in [3.8, 4) is 0 Å². The molecule has 2 saturated heterocycles. The highest BCUT2D eigenvalue weighted by Crippen LogP contribution is 2.29. The maximum absolute atomic E-state index is 13.1. The summed E-state index contributed by atoms with van der Waals surface area (Å²) < 4.78 is 5.36. The second-order valence-electron chi connectivity index (χ2n) is 7.29. The normalized spacial score (nSPS) is 18.1. The Morgan fingerprint density at radius 1 is 1.06 bits per heavy atom. The molecule has 0 bridgehead atoms. The fourth-order valence-corrected chi connectivity index (χ4v) is 3.62. The number of nitro benzene ring substituents is 1. The molecule has 10 heteroatoms. The lowest BCUT2D eigenvalue weighted by atomic mass is 10.0. The van der Waals surface area contributed by atoms with E-state index in [4.69, 9.17) is 4.74 Å². The lowest BCUT2D eigenvalue weighted by Gasteiger charge is -2.30. The zero-order valence-corrected chi connectivity index (χ0v) is 17.0. The molecule has 4 amide bonds. The van der Waals surface area contributed by atoms with E-state index in [1.807, 2.05) is 11.0 Å². The Balaban J connectivity index is 1.72. The lowest BCUT2D eigenvalue weighted by Crippen LogP contribution is -2.53. The first-order valence-corrected chi connectivity index (χ1v) is 9.98. The number of carbonyl (C=O) groups excluding carboxylic acids is 3. The van der Waals surface area contributed by atoms with E-state index in [-0.39, 0.29) is 17.8 Å². The molecule has 2 aliphatic rings. The Bertz CT molecular complexity index is 1110. The first kappa shape index (κ1) is 21.2. The molecular weight excluding hydrogens is 416 g/mol. The molecule has 2 aromatic carbocycles. The maximum Gasteiger partial charge on any atom is 0.331 e. The highest BCUT2D eigenvalue weighted by Gasteiger charge is 2.36. The summed E-state index contributed by atoms with van der Waals surface area (Å²) in [7, 11) is 0. The molecule has 0 unspecified atom stereocenters. The maximum atomic E-state index is 13.1. The molecule has 164 valence electrons. The summed E-state index contributed by atoms with van der Waals surface area (Å²) in [6, 6.07) is 12.4. The standard InChI is InChI=1S/C22H20N4O6/c27-20-18(21(28)25(22(29)23-20)14-15-4-2-1-3-5-15)13-16-12-17(26(30)31)6-7-19(16)24-8-10-32-11-9-24/h1-7,12-13H,8-11,14H2,(H,23,27,29)/b18-13+. The van der Waals surface area contributed by atoms with Crippen LogP contribution in [0.25, 0.3) is 6.08 Å². The van der Waals surface area contributed by atoms with Crippen molar-refractivity contribution in [3.63, 3.8) is 0 Å². The summed E-state index contributed by atoms with van der Waals surface area (Å²) in [5, 5.41) is 13.5.